The van der Waals surface area contributed by atoms with Gasteiger partial charge in [0.1, 0.15) is 11.8 Å². The van der Waals surface area contributed by atoms with Gasteiger partial charge in [0.05, 0.1) is 25.7 Å². The minimum absolute atomic E-state index is 0.0402. The van der Waals surface area contributed by atoms with Crippen LogP contribution in [0.1, 0.15) is 39.7 Å². The first-order chi connectivity index (χ1) is 17.9. The number of alkyl halides is 3. The van der Waals surface area contributed by atoms with Crippen LogP contribution < -0.4 is 15.8 Å². The predicted octanol–water partition coefficient (Wildman–Crippen LogP) is 2.31. The van der Waals surface area contributed by atoms with Crippen LogP contribution in [0, 0.1) is 5.92 Å². The number of carbonyl (C=O) groups is 5. The van der Waals surface area contributed by atoms with Crippen molar-refractivity contribution in [3.8, 4) is 5.75 Å². The maximum atomic E-state index is 12.5. The Balaban J connectivity index is 0.00000181. The van der Waals surface area contributed by atoms with E-state index in [0.717, 1.165) is 0 Å². The summed E-state index contributed by atoms with van der Waals surface area (Å²) in [5, 5.41) is 9.78. The number of nitrogens with two attached hydrogens (primary N) is 1. The third kappa shape index (κ3) is 14.0. The second-order valence-corrected chi connectivity index (χ2v) is 8.71. The number of aliphatic carboxylic acids is 1. The molecule has 1 amide bonds. The van der Waals surface area contributed by atoms with E-state index < -0.39 is 48.0 Å². The summed E-state index contributed by atoms with van der Waals surface area (Å²) in [6.45, 7) is 10.6. The molecule has 0 spiro atoms. The van der Waals surface area contributed by atoms with E-state index in [0.29, 0.717) is 5.56 Å². The van der Waals surface area contributed by atoms with E-state index in [1.165, 1.54) is 19.2 Å². The average molecular weight is 563 g/mol. The molecule has 0 aliphatic heterocycles. The topological polar surface area (TPSA) is 171 Å². The normalized spacial score (nSPS) is 12.4. The number of ether oxygens (including phenoxy) is 3. The summed E-state index contributed by atoms with van der Waals surface area (Å²) in [6, 6.07) is 4.68. The molecule has 0 saturated carbocycles. The van der Waals surface area contributed by atoms with Gasteiger partial charge in [-0.05, 0) is 37.5 Å². The molecule has 39 heavy (non-hydrogen) atoms. The van der Waals surface area contributed by atoms with E-state index in [1.807, 2.05) is 13.8 Å². The third-order valence-electron chi connectivity index (χ3n) is 4.66. The summed E-state index contributed by atoms with van der Waals surface area (Å²) in [5.74, 6) is -4.99. The molecule has 1 aromatic carbocycles. The Kier molecular flexibility index (Phi) is 14.5. The van der Waals surface area contributed by atoms with Crippen molar-refractivity contribution in [1.82, 2.24) is 5.32 Å². The molecule has 4 N–H and O–H groups in total. The quantitative estimate of drug-likeness (QED) is 0.206. The Bertz CT molecular complexity index is 1020. The number of carboxylic acids is 1. The molecule has 0 aliphatic carbocycles. The van der Waals surface area contributed by atoms with Crippen molar-refractivity contribution in [3.63, 3.8) is 0 Å². The van der Waals surface area contributed by atoms with Gasteiger partial charge in [0.2, 0.25) is 5.91 Å². The van der Waals surface area contributed by atoms with E-state index in [1.54, 1.807) is 26.0 Å². The van der Waals surface area contributed by atoms with Crippen LogP contribution in [-0.2, 0) is 39.9 Å². The lowest BCUT2D eigenvalue weighted by atomic mass is 10.0. The van der Waals surface area contributed by atoms with Crippen LogP contribution in [0.15, 0.2) is 36.4 Å². The molecule has 0 heterocycles. The summed E-state index contributed by atoms with van der Waals surface area (Å²) in [4.78, 5) is 57.0. The molecule has 11 nitrogen and oxygen atoms in total. The average Bonchev–Trinajstić information content (AvgIpc) is 2.83. The molecule has 1 aromatic rings. The largest absolute Gasteiger partial charge is 0.490 e. The van der Waals surface area contributed by atoms with Crippen molar-refractivity contribution in [2.24, 2.45) is 11.7 Å². The highest BCUT2D eigenvalue weighted by Crippen LogP contribution is 2.17. The minimum atomic E-state index is -5.08. The summed E-state index contributed by atoms with van der Waals surface area (Å²) in [7, 11) is 1.21. The smallest absolute Gasteiger partial charge is 0.475 e. The van der Waals surface area contributed by atoms with Crippen molar-refractivity contribution in [2.75, 3.05) is 7.11 Å². The van der Waals surface area contributed by atoms with Crippen LogP contribution in [0.25, 0.3) is 0 Å². The fraction of sp³-hybridized carbons (Fsp3) is 0.480. The van der Waals surface area contributed by atoms with E-state index in [-0.39, 0.29) is 36.2 Å². The van der Waals surface area contributed by atoms with Crippen molar-refractivity contribution in [3.05, 3.63) is 42.0 Å². The number of hydrogen-bond acceptors (Lipinski definition) is 9. The van der Waals surface area contributed by atoms with Crippen LogP contribution >= 0.6 is 0 Å². The first-order valence-electron chi connectivity index (χ1n) is 11.5. The van der Waals surface area contributed by atoms with Gasteiger partial charge in [0, 0.05) is 12.0 Å². The highest BCUT2D eigenvalue weighted by molar-refractivity contribution is 5.94. The number of hydrogen-bond donors (Lipinski definition) is 3. The summed E-state index contributed by atoms with van der Waals surface area (Å²) < 4.78 is 46.7. The molecule has 218 valence electrons. The van der Waals surface area contributed by atoms with Gasteiger partial charge in [0.25, 0.3) is 0 Å². The highest BCUT2D eigenvalue weighted by atomic mass is 19.4. The fourth-order valence-electron chi connectivity index (χ4n) is 2.51. The van der Waals surface area contributed by atoms with Gasteiger partial charge in [-0.2, -0.15) is 13.2 Å². The lowest BCUT2D eigenvalue weighted by Gasteiger charge is -2.22. The molecule has 0 aromatic heterocycles. The van der Waals surface area contributed by atoms with E-state index in [9.17, 15) is 32.3 Å². The van der Waals surface area contributed by atoms with Crippen molar-refractivity contribution in [1.29, 1.82) is 0 Å². The standard InChI is InChI=1S/C23H32N2O7.C2HF3O2/c1-13(2)20(24)21(27)25-18(23(29)31-14(3)4)12-16-7-9-17(10-8-16)32-22(28)15(5)11-19(26)30-6;3-2(4,5)1(6)7/h7-10,13-14,18,20H,5,11-12,24H2,1-4,6H3,(H,25,27);(H,6,7). The monoisotopic (exact) mass is 562 g/mol. The Labute approximate surface area is 223 Å². The van der Waals surface area contributed by atoms with E-state index >= 15 is 0 Å². The molecule has 0 bridgehead atoms. The minimum Gasteiger partial charge on any atom is -0.475 e. The molecule has 0 saturated heterocycles. The number of methoxy groups -OCH3 is 1. The second-order valence-electron chi connectivity index (χ2n) is 8.71. The molecule has 2 unspecified atom stereocenters. The number of benzene rings is 1. The Morgan fingerprint density at radius 1 is 1.05 bits per heavy atom. The molecule has 0 radical (unpaired) electrons. The third-order valence-corrected chi connectivity index (χ3v) is 4.66. The number of amides is 1. The molecule has 0 fully saturated rings. The number of esters is 3. The zero-order valence-electron chi connectivity index (χ0n) is 22.2. The van der Waals surface area contributed by atoms with Gasteiger partial charge in [0.15, 0.2) is 0 Å². The van der Waals surface area contributed by atoms with Gasteiger partial charge in [-0.15, -0.1) is 0 Å². The number of rotatable bonds is 11. The summed E-state index contributed by atoms with van der Waals surface area (Å²) in [5.41, 5.74) is 6.54. The predicted molar refractivity (Wildman–Crippen MR) is 131 cm³/mol. The molecule has 14 heteroatoms. The van der Waals surface area contributed by atoms with Crippen LogP contribution in [0.2, 0.25) is 0 Å². The number of carboxylic acid groups (broad SMARTS) is 1. The zero-order chi connectivity index (χ0) is 30.5. The zero-order valence-corrected chi connectivity index (χ0v) is 22.2. The maximum absolute atomic E-state index is 12.5. The number of nitrogens with one attached hydrogen (secondary N) is 1. The van der Waals surface area contributed by atoms with Crippen LogP contribution in [0.3, 0.4) is 0 Å². The Hall–Kier alpha value is -3.94. The fourth-order valence-corrected chi connectivity index (χ4v) is 2.51. The van der Waals surface area contributed by atoms with E-state index in [4.69, 9.17) is 25.1 Å². The van der Waals surface area contributed by atoms with Gasteiger partial charge >= 0.3 is 30.1 Å². The summed E-state index contributed by atoms with van der Waals surface area (Å²) in [6.07, 6.45) is -5.54. The van der Waals surface area contributed by atoms with Crippen LogP contribution in [-0.4, -0.2) is 66.4 Å². The number of carbonyl (C=O) groups excluding carboxylic acids is 4. The maximum Gasteiger partial charge on any atom is 0.490 e. The van der Waals surface area contributed by atoms with E-state index in [2.05, 4.69) is 16.6 Å². The first-order valence-corrected chi connectivity index (χ1v) is 11.5. The first kappa shape index (κ1) is 35.1. The molecule has 2 atom stereocenters. The van der Waals surface area contributed by atoms with Crippen LogP contribution in [0.4, 0.5) is 13.2 Å². The lowest BCUT2D eigenvalue weighted by Crippen LogP contribution is -2.51. The van der Waals surface area contributed by atoms with Crippen molar-refractivity contribution >= 4 is 29.8 Å². The Morgan fingerprint density at radius 2 is 1.56 bits per heavy atom. The molecule has 1 rings (SSSR count). The number of halogens is 3. The SMILES string of the molecule is C=C(CC(=O)OC)C(=O)Oc1ccc(CC(NC(=O)C(N)C(C)C)C(=O)OC(C)C)cc1.O=C(O)C(F)(F)F. The van der Waals surface area contributed by atoms with Gasteiger partial charge < -0.3 is 30.4 Å². The molecular formula is C25H33F3N2O9. The van der Waals surface area contributed by atoms with Gasteiger partial charge in [-0.25, -0.2) is 14.4 Å². The summed E-state index contributed by atoms with van der Waals surface area (Å²) >= 11 is 0. The molecule has 0 aliphatic rings. The lowest BCUT2D eigenvalue weighted by molar-refractivity contribution is -0.192. The Morgan fingerprint density at radius 3 is 1.97 bits per heavy atom. The van der Waals surface area contributed by atoms with Crippen molar-refractivity contribution in [2.45, 2.75) is 64.9 Å². The highest BCUT2D eigenvalue weighted by Gasteiger charge is 2.38. The van der Waals surface area contributed by atoms with Crippen LogP contribution in [0.5, 0.6) is 5.75 Å². The molecular weight excluding hydrogens is 529 g/mol. The van der Waals surface area contributed by atoms with Gasteiger partial charge in [-0.3, -0.25) is 9.59 Å². The second kappa shape index (κ2) is 16.1. The van der Waals surface area contributed by atoms with Crippen molar-refractivity contribution < 1.29 is 56.5 Å². The van der Waals surface area contributed by atoms with Gasteiger partial charge in [-0.1, -0.05) is 32.6 Å².